The second kappa shape index (κ2) is 53.9. The molecule has 0 aromatic rings. The Bertz CT molecular complexity index is 1530. The molecule has 0 aromatic carbocycles. The van der Waals surface area contributed by atoms with E-state index in [9.17, 15) is 14.4 Å². The van der Waals surface area contributed by atoms with Gasteiger partial charge in [-0.1, -0.05) is 205 Å². The van der Waals surface area contributed by atoms with Crippen molar-refractivity contribution in [1.29, 1.82) is 0 Å². The molecule has 0 aliphatic carbocycles. The fraction of sp³-hybridized carbons (Fsp3) is 0.557. The average Bonchev–Trinajstić information content (AvgIpc) is 3.33. The zero-order valence-electron chi connectivity index (χ0n) is 42.6. The lowest BCUT2D eigenvalue weighted by Gasteiger charge is -2.18. The van der Waals surface area contributed by atoms with Crippen LogP contribution in [0.2, 0.25) is 0 Å². The number of ether oxygens (including phenoxy) is 3. The third kappa shape index (κ3) is 52.1. The van der Waals surface area contributed by atoms with Crippen LogP contribution in [-0.2, 0) is 28.6 Å². The minimum absolute atomic E-state index is 0.146. The van der Waals surface area contributed by atoms with Gasteiger partial charge in [0.2, 0.25) is 0 Å². The van der Waals surface area contributed by atoms with Gasteiger partial charge in [0.1, 0.15) is 13.2 Å². The van der Waals surface area contributed by atoms with Gasteiger partial charge in [-0.15, -0.1) is 0 Å². The topological polar surface area (TPSA) is 78.9 Å². The van der Waals surface area contributed by atoms with Crippen LogP contribution in [0.5, 0.6) is 0 Å². The maximum Gasteiger partial charge on any atom is 0.306 e. The number of unbranched alkanes of at least 4 members (excludes halogenated alkanes) is 10. The predicted octanol–water partition coefficient (Wildman–Crippen LogP) is 17.6. The molecule has 0 bridgehead atoms. The zero-order valence-corrected chi connectivity index (χ0v) is 42.6. The van der Waals surface area contributed by atoms with Crippen molar-refractivity contribution in [3.63, 3.8) is 0 Å². The van der Waals surface area contributed by atoms with E-state index in [0.717, 1.165) is 103 Å². The summed E-state index contributed by atoms with van der Waals surface area (Å²) in [6, 6.07) is 0. The van der Waals surface area contributed by atoms with Crippen LogP contribution in [0.1, 0.15) is 201 Å². The smallest absolute Gasteiger partial charge is 0.306 e. The molecule has 0 saturated carbocycles. The number of hydrogen-bond acceptors (Lipinski definition) is 6. The summed E-state index contributed by atoms with van der Waals surface area (Å²) in [5.74, 6) is -1.12. The zero-order chi connectivity index (χ0) is 48.6. The van der Waals surface area contributed by atoms with Crippen molar-refractivity contribution in [2.75, 3.05) is 13.2 Å². The first kappa shape index (κ1) is 62.3. The van der Waals surface area contributed by atoms with Gasteiger partial charge in [0.15, 0.2) is 6.10 Å². The highest BCUT2D eigenvalue weighted by Gasteiger charge is 2.19. The third-order valence-electron chi connectivity index (χ3n) is 10.3. The van der Waals surface area contributed by atoms with E-state index >= 15 is 0 Å². The Morgan fingerprint density at radius 3 is 1.03 bits per heavy atom. The number of hydrogen-bond donors (Lipinski definition) is 0. The van der Waals surface area contributed by atoms with Gasteiger partial charge in [-0.25, -0.2) is 0 Å². The lowest BCUT2D eigenvalue weighted by atomic mass is 10.1. The third-order valence-corrected chi connectivity index (χ3v) is 10.3. The number of carbonyl (C=O) groups is 3. The standard InChI is InChI=1S/C61H94O6/c1-4-7-10-13-16-19-22-25-28-31-34-36-39-42-45-48-51-54-60(63)66-57-58(67-61(64)55-52-49-46-43-40-37-33-30-27-24-21-18-15-12-9-6-3)56-65-59(62)53-50-47-44-41-38-35-32-29-26-23-20-17-14-11-8-5-2/h8-9,11-12,17-18,20-21,25-30,34-38,40,42,45-46,49,58H,4-7,10,13-16,19,22-24,31-33,39,41,43-44,47-48,50-57H2,1-3H3/b11-8-,12-9-,20-17-,21-18-,28-25-,29-26-,30-27-,36-34-,38-35-,40-37-,45-42-,49-46-. The Labute approximate surface area is 410 Å². The van der Waals surface area contributed by atoms with E-state index in [1.54, 1.807) is 0 Å². The van der Waals surface area contributed by atoms with Crippen LogP contribution in [0.3, 0.4) is 0 Å². The first-order chi connectivity index (χ1) is 33.0. The molecule has 0 rings (SSSR count). The maximum atomic E-state index is 12.8. The highest BCUT2D eigenvalue weighted by molar-refractivity contribution is 5.71. The Balaban J connectivity index is 4.66. The lowest BCUT2D eigenvalue weighted by Crippen LogP contribution is -2.30. The van der Waals surface area contributed by atoms with Crippen molar-refractivity contribution in [2.45, 2.75) is 207 Å². The van der Waals surface area contributed by atoms with Crippen LogP contribution in [0.25, 0.3) is 0 Å². The summed E-state index contributed by atoms with van der Waals surface area (Å²) in [6.07, 6.45) is 77.1. The van der Waals surface area contributed by atoms with Crippen molar-refractivity contribution in [3.8, 4) is 0 Å². The van der Waals surface area contributed by atoms with E-state index in [1.165, 1.54) is 44.9 Å². The molecule has 6 nitrogen and oxygen atoms in total. The summed E-state index contributed by atoms with van der Waals surface area (Å²) in [5, 5.41) is 0. The van der Waals surface area contributed by atoms with Gasteiger partial charge < -0.3 is 14.2 Å². The fourth-order valence-electron chi connectivity index (χ4n) is 6.44. The van der Waals surface area contributed by atoms with Crippen LogP contribution >= 0.6 is 0 Å². The Morgan fingerprint density at radius 1 is 0.313 bits per heavy atom. The molecule has 0 fully saturated rings. The van der Waals surface area contributed by atoms with Gasteiger partial charge in [0.05, 0.1) is 0 Å². The average molecular weight is 923 g/mol. The van der Waals surface area contributed by atoms with Gasteiger partial charge in [-0.3, -0.25) is 14.4 Å². The molecule has 0 aliphatic heterocycles. The molecule has 0 aromatic heterocycles. The van der Waals surface area contributed by atoms with E-state index in [0.29, 0.717) is 19.3 Å². The minimum atomic E-state index is -0.857. The molecule has 374 valence electrons. The number of rotatable bonds is 45. The van der Waals surface area contributed by atoms with Crippen LogP contribution in [-0.4, -0.2) is 37.2 Å². The molecule has 1 unspecified atom stereocenters. The SMILES string of the molecule is CC/C=C\C/C=C\C/C=C\C/C=C\C/C=C\CCC(=O)OC(COC(=O)CCC/C=C\C/C=C\C/C=C\CCCCCCCC)COC(=O)CCCCC/C=C\C/C=C\C/C=C\C/C=C\CC. The molecule has 0 N–H and O–H groups in total. The monoisotopic (exact) mass is 923 g/mol. The van der Waals surface area contributed by atoms with Crippen LogP contribution in [0.4, 0.5) is 0 Å². The molecule has 6 heteroatoms. The van der Waals surface area contributed by atoms with E-state index in [2.05, 4.69) is 154 Å². The number of allylic oxidation sites excluding steroid dienone is 24. The Morgan fingerprint density at radius 2 is 0.627 bits per heavy atom. The maximum absolute atomic E-state index is 12.8. The first-order valence-corrected chi connectivity index (χ1v) is 26.3. The first-order valence-electron chi connectivity index (χ1n) is 26.3. The van der Waals surface area contributed by atoms with Crippen molar-refractivity contribution in [3.05, 3.63) is 146 Å². The van der Waals surface area contributed by atoms with Gasteiger partial charge in [-0.2, -0.15) is 0 Å². The fourth-order valence-corrected chi connectivity index (χ4v) is 6.44. The van der Waals surface area contributed by atoms with E-state index in [1.807, 2.05) is 12.2 Å². The van der Waals surface area contributed by atoms with Gasteiger partial charge in [-0.05, 0) is 122 Å². The Kier molecular flexibility index (Phi) is 50.1. The van der Waals surface area contributed by atoms with E-state index < -0.39 is 12.1 Å². The van der Waals surface area contributed by atoms with Gasteiger partial charge >= 0.3 is 17.9 Å². The van der Waals surface area contributed by atoms with Crippen LogP contribution in [0, 0.1) is 0 Å². The largest absolute Gasteiger partial charge is 0.462 e. The van der Waals surface area contributed by atoms with Crippen molar-refractivity contribution >= 4 is 17.9 Å². The van der Waals surface area contributed by atoms with E-state index in [4.69, 9.17) is 14.2 Å². The molecular formula is C61H94O6. The summed E-state index contributed by atoms with van der Waals surface area (Å²) in [6.45, 7) is 6.24. The van der Waals surface area contributed by atoms with Gasteiger partial charge in [0, 0.05) is 19.3 Å². The summed E-state index contributed by atoms with van der Waals surface area (Å²) in [5.41, 5.74) is 0. The van der Waals surface area contributed by atoms with Crippen LogP contribution < -0.4 is 0 Å². The summed E-state index contributed by atoms with van der Waals surface area (Å²) in [7, 11) is 0. The quantitative estimate of drug-likeness (QED) is 0.0262. The van der Waals surface area contributed by atoms with Crippen molar-refractivity contribution in [2.24, 2.45) is 0 Å². The van der Waals surface area contributed by atoms with Crippen LogP contribution in [0.15, 0.2) is 146 Å². The van der Waals surface area contributed by atoms with Crippen molar-refractivity contribution < 1.29 is 28.6 Å². The Hall–Kier alpha value is -4.71. The lowest BCUT2D eigenvalue weighted by molar-refractivity contribution is -0.166. The number of esters is 3. The minimum Gasteiger partial charge on any atom is -0.462 e. The second-order valence-electron chi connectivity index (χ2n) is 16.7. The second-order valence-corrected chi connectivity index (χ2v) is 16.7. The molecule has 0 saturated heterocycles. The predicted molar refractivity (Wildman–Crippen MR) is 288 cm³/mol. The molecule has 0 spiro atoms. The highest BCUT2D eigenvalue weighted by Crippen LogP contribution is 2.10. The molecule has 67 heavy (non-hydrogen) atoms. The summed E-state index contributed by atoms with van der Waals surface area (Å²) < 4.78 is 16.7. The molecule has 0 heterocycles. The molecule has 0 amide bonds. The summed E-state index contributed by atoms with van der Waals surface area (Å²) >= 11 is 0. The van der Waals surface area contributed by atoms with Gasteiger partial charge in [0.25, 0.3) is 0 Å². The molecular weight excluding hydrogens is 829 g/mol. The normalized spacial score (nSPS) is 13.3. The van der Waals surface area contributed by atoms with Crippen molar-refractivity contribution in [1.82, 2.24) is 0 Å². The van der Waals surface area contributed by atoms with E-state index in [-0.39, 0.29) is 38.0 Å². The molecule has 1 atom stereocenters. The summed E-state index contributed by atoms with van der Waals surface area (Å²) in [4.78, 5) is 38.0. The highest BCUT2D eigenvalue weighted by atomic mass is 16.6. The number of carbonyl (C=O) groups excluding carboxylic acids is 3. The molecule has 0 aliphatic rings. The molecule has 0 radical (unpaired) electrons.